The standard InChI is InChI=1S/C28H37FN2O4/c1-4-30-15-7-8-16-31(27(32)14-17-34-24-11-9-10-22(29)19-24)23(18-21(2)3)20-35-26-13-6-5-12-25(26)28(30)33/h5-6,9-13,19,21,23H,4,7-8,14-18,20H2,1-3H3/t23-/m0/s1. The van der Waals surface area contributed by atoms with Gasteiger partial charge in [0.2, 0.25) is 5.91 Å². The minimum atomic E-state index is -0.370. The molecule has 0 bridgehead atoms. The zero-order chi connectivity index (χ0) is 25.2. The van der Waals surface area contributed by atoms with E-state index in [4.69, 9.17) is 9.47 Å². The molecule has 2 aromatic rings. The van der Waals surface area contributed by atoms with E-state index in [1.807, 2.05) is 34.9 Å². The van der Waals surface area contributed by atoms with E-state index in [-0.39, 0.29) is 36.7 Å². The highest BCUT2D eigenvalue weighted by Gasteiger charge is 2.27. The summed E-state index contributed by atoms with van der Waals surface area (Å²) in [7, 11) is 0. The lowest BCUT2D eigenvalue weighted by Gasteiger charge is -2.34. The highest BCUT2D eigenvalue weighted by molar-refractivity contribution is 5.96. The minimum absolute atomic E-state index is 0.00979. The van der Waals surface area contributed by atoms with Crippen LogP contribution in [0.1, 0.15) is 56.8 Å². The Balaban J connectivity index is 1.77. The van der Waals surface area contributed by atoms with Gasteiger partial charge in [0.15, 0.2) is 0 Å². The van der Waals surface area contributed by atoms with Gasteiger partial charge in [0.1, 0.15) is 23.9 Å². The van der Waals surface area contributed by atoms with Crippen LogP contribution in [-0.4, -0.2) is 60.5 Å². The van der Waals surface area contributed by atoms with Crippen LogP contribution in [0.4, 0.5) is 4.39 Å². The predicted octanol–water partition coefficient (Wildman–Crippen LogP) is 5.17. The highest BCUT2D eigenvalue weighted by atomic mass is 19.1. The molecule has 35 heavy (non-hydrogen) atoms. The molecular formula is C28H37FN2O4. The summed E-state index contributed by atoms with van der Waals surface area (Å²) in [4.78, 5) is 30.2. The van der Waals surface area contributed by atoms with E-state index < -0.39 is 0 Å². The van der Waals surface area contributed by atoms with Crippen molar-refractivity contribution in [2.75, 3.05) is 32.8 Å². The summed E-state index contributed by atoms with van der Waals surface area (Å²) in [6.45, 7) is 8.55. The lowest BCUT2D eigenvalue weighted by Crippen LogP contribution is -2.46. The molecule has 1 heterocycles. The second-order valence-electron chi connectivity index (χ2n) is 9.33. The highest BCUT2D eigenvalue weighted by Crippen LogP contribution is 2.24. The van der Waals surface area contributed by atoms with Gasteiger partial charge in [-0.15, -0.1) is 0 Å². The Morgan fingerprint density at radius 1 is 1.14 bits per heavy atom. The quantitative estimate of drug-likeness (QED) is 0.544. The summed E-state index contributed by atoms with van der Waals surface area (Å²) in [5.74, 6) is 0.922. The number of hydrogen-bond acceptors (Lipinski definition) is 4. The first-order chi connectivity index (χ1) is 16.9. The number of carbonyl (C=O) groups is 2. The molecule has 0 aliphatic carbocycles. The van der Waals surface area contributed by atoms with Crippen LogP contribution < -0.4 is 9.47 Å². The summed E-state index contributed by atoms with van der Waals surface area (Å²) < 4.78 is 25.2. The van der Waals surface area contributed by atoms with Crippen LogP contribution in [0.25, 0.3) is 0 Å². The summed E-state index contributed by atoms with van der Waals surface area (Å²) in [5, 5.41) is 0. The summed E-state index contributed by atoms with van der Waals surface area (Å²) in [6, 6.07) is 13.1. The van der Waals surface area contributed by atoms with Crippen molar-refractivity contribution in [2.45, 2.75) is 52.5 Å². The average Bonchev–Trinajstić information content (AvgIpc) is 2.83. The number of rotatable bonds is 7. The summed E-state index contributed by atoms with van der Waals surface area (Å²) >= 11 is 0. The monoisotopic (exact) mass is 484 g/mol. The van der Waals surface area contributed by atoms with Gasteiger partial charge < -0.3 is 19.3 Å². The van der Waals surface area contributed by atoms with E-state index >= 15 is 0 Å². The van der Waals surface area contributed by atoms with Gasteiger partial charge in [-0.05, 0) is 56.4 Å². The van der Waals surface area contributed by atoms with Gasteiger partial charge in [-0.1, -0.05) is 32.0 Å². The molecule has 1 aliphatic rings. The Labute approximate surface area is 208 Å². The first-order valence-electron chi connectivity index (χ1n) is 12.6. The Morgan fingerprint density at radius 2 is 1.91 bits per heavy atom. The second-order valence-corrected chi connectivity index (χ2v) is 9.33. The van der Waals surface area contributed by atoms with Crippen LogP contribution >= 0.6 is 0 Å². The number of amides is 2. The van der Waals surface area contributed by atoms with Crippen LogP contribution in [0.5, 0.6) is 11.5 Å². The molecule has 7 heteroatoms. The van der Waals surface area contributed by atoms with Crippen molar-refractivity contribution in [2.24, 2.45) is 5.92 Å². The van der Waals surface area contributed by atoms with Crippen LogP contribution in [0, 0.1) is 11.7 Å². The maximum Gasteiger partial charge on any atom is 0.257 e. The molecule has 2 amide bonds. The van der Waals surface area contributed by atoms with E-state index in [2.05, 4.69) is 13.8 Å². The van der Waals surface area contributed by atoms with Crippen molar-refractivity contribution in [3.05, 3.63) is 59.9 Å². The molecule has 2 aromatic carbocycles. The Bertz CT molecular complexity index is 981. The van der Waals surface area contributed by atoms with Crippen LogP contribution in [0.2, 0.25) is 0 Å². The van der Waals surface area contributed by atoms with Gasteiger partial charge in [0.25, 0.3) is 5.91 Å². The number of para-hydroxylation sites is 1. The molecule has 0 saturated heterocycles. The van der Waals surface area contributed by atoms with Gasteiger partial charge in [-0.2, -0.15) is 0 Å². The Kier molecular flexibility index (Phi) is 9.94. The third-order valence-electron chi connectivity index (χ3n) is 6.18. The fourth-order valence-electron chi connectivity index (χ4n) is 4.41. The van der Waals surface area contributed by atoms with Crippen molar-refractivity contribution >= 4 is 11.8 Å². The van der Waals surface area contributed by atoms with Crippen LogP contribution in [-0.2, 0) is 4.79 Å². The smallest absolute Gasteiger partial charge is 0.257 e. The van der Waals surface area contributed by atoms with E-state index in [0.29, 0.717) is 49.2 Å². The predicted molar refractivity (Wildman–Crippen MR) is 134 cm³/mol. The zero-order valence-corrected chi connectivity index (χ0v) is 21.0. The lowest BCUT2D eigenvalue weighted by molar-refractivity contribution is -0.135. The number of carbonyl (C=O) groups excluding carboxylic acids is 2. The number of benzene rings is 2. The topological polar surface area (TPSA) is 59.1 Å². The van der Waals surface area contributed by atoms with Crippen molar-refractivity contribution in [1.82, 2.24) is 9.80 Å². The maximum atomic E-state index is 13.4. The van der Waals surface area contributed by atoms with Gasteiger partial charge in [0, 0.05) is 25.7 Å². The van der Waals surface area contributed by atoms with Crippen LogP contribution in [0.3, 0.4) is 0 Å². The third kappa shape index (κ3) is 7.70. The number of ether oxygens (including phenoxy) is 2. The molecule has 0 saturated carbocycles. The summed E-state index contributed by atoms with van der Waals surface area (Å²) in [5.41, 5.74) is 0.555. The second kappa shape index (κ2) is 13.1. The molecule has 0 spiro atoms. The molecule has 0 aromatic heterocycles. The third-order valence-corrected chi connectivity index (χ3v) is 6.18. The van der Waals surface area contributed by atoms with Crippen molar-refractivity contribution in [3.8, 4) is 11.5 Å². The normalized spacial score (nSPS) is 17.3. The number of fused-ring (bicyclic) bond motifs is 1. The molecule has 0 N–H and O–H groups in total. The SMILES string of the molecule is CCN1CCCCN(C(=O)CCOc2cccc(F)c2)[C@@H](CC(C)C)COc2ccccc2C1=O. The molecular weight excluding hydrogens is 447 g/mol. The molecule has 1 atom stereocenters. The Morgan fingerprint density at radius 3 is 2.66 bits per heavy atom. The van der Waals surface area contributed by atoms with E-state index in [1.54, 1.807) is 18.2 Å². The number of nitrogens with zero attached hydrogens (tertiary/aromatic N) is 2. The van der Waals surface area contributed by atoms with E-state index in [1.165, 1.54) is 12.1 Å². The first kappa shape index (κ1) is 26.5. The van der Waals surface area contributed by atoms with Crippen molar-refractivity contribution < 1.29 is 23.5 Å². The van der Waals surface area contributed by atoms with E-state index in [0.717, 1.165) is 19.3 Å². The summed E-state index contributed by atoms with van der Waals surface area (Å²) in [6.07, 6.45) is 2.58. The van der Waals surface area contributed by atoms with Crippen molar-refractivity contribution in [3.63, 3.8) is 0 Å². The number of halogens is 1. The molecule has 3 rings (SSSR count). The molecule has 1 aliphatic heterocycles. The fourth-order valence-corrected chi connectivity index (χ4v) is 4.41. The first-order valence-corrected chi connectivity index (χ1v) is 12.6. The molecule has 0 fully saturated rings. The zero-order valence-electron chi connectivity index (χ0n) is 21.0. The molecule has 0 radical (unpaired) electrons. The largest absolute Gasteiger partial charge is 0.493 e. The van der Waals surface area contributed by atoms with Crippen LogP contribution in [0.15, 0.2) is 48.5 Å². The average molecular weight is 485 g/mol. The van der Waals surface area contributed by atoms with Gasteiger partial charge in [-0.25, -0.2) is 4.39 Å². The molecule has 190 valence electrons. The van der Waals surface area contributed by atoms with Gasteiger partial charge >= 0.3 is 0 Å². The lowest BCUT2D eigenvalue weighted by atomic mass is 10.0. The van der Waals surface area contributed by atoms with E-state index in [9.17, 15) is 14.0 Å². The molecule has 6 nitrogen and oxygen atoms in total. The Hall–Kier alpha value is -3.09. The van der Waals surface area contributed by atoms with Gasteiger partial charge in [-0.3, -0.25) is 9.59 Å². The number of hydrogen-bond donors (Lipinski definition) is 0. The van der Waals surface area contributed by atoms with Gasteiger partial charge in [0.05, 0.1) is 24.6 Å². The maximum absolute atomic E-state index is 13.4. The molecule has 0 unspecified atom stereocenters. The minimum Gasteiger partial charge on any atom is -0.493 e. The van der Waals surface area contributed by atoms with Crippen molar-refractivity contribution in [1.29, 1.82) is 0 Å². The fraction of sp³-hybridized carbons (Fsp3) is 0.500.